The minimum Gasteiger partial charge on any atom is -0.383 e. The van der Waals surface area contributed by atoms with E-state index in [0.717, 1.165) is 0 Å². The number of aromatic nitrogens is 2. The molecule has 0 unspecified atom stereocenters. The fourth-order valence-corrected chi connectivity index (χ4v) is 0.622. The first-order valence-corrected chi connectivity index (χ1v) is 3.39. The van der Waals surface area contributed by atoms with E-state index in [1.165, 1.54) is 6.20 Å². The second kappa shape index (κ2) is 4.45. The molecule has 0 atom stereocenters. The normalized spacial score (nSPS) is 9.75. The zero-order valence-electron chi connectivity index (χ0n) is 6.61. The SMILES string of the molecule is COCCNC(=O)c1cnon1. The van der Waals surface area contributed by atoms with E-state index in [9.17, 15) is 4.79 Å². The number of rotatable bonds is 4. The summed E-state index contributed by atoms with van der Waals surface area (Å²) < 4.78 is 8.99. The summed E-state index contributed by atoms with van der Waals surface area (Å²) >= 11 is 0. The van der Waals surface area contributed by atoms with Crippen LogP contribution in [-0.4, -0.2) is 36.5 Å². The third-order valence-corrected chi connectivity index (χ3v) is 1.19. The molecule has 0 aliphatic heterocycles. The van der Waals surface area contributed by atoms with Gasteiger partial charge in [0.15, 0.2) is 5.69 Å². The molecule has 1 N–H and O–H groups in total. The summed E-state index contributed by atoms with van der Waals surface area (Å²) in [5.41, 5.74) is 0.172. The van der Waals surface area contributed by atoms with Crippen molar-refractivity contribution in [3.05, 3.63) is 11.9 Å². The predicted octanol–water partition coefficient (Wildman–Crippen LogP) is -0.554. The number of methoxy groups -OCH3 is 1. The number of nitrogens with zero attached hydrogens (tertiary/aromatic N) is 2. The van der Waals surface area contributed by atoms with Crippen molar-refractivity contribution in [2.45, 2.75) is 0 Å². The van der Waals surface area contributed by atoms with Crippen molar-refractivity contribution < 1.29 is 14.2 Å². The lowest BCUT2D eigenvalue weighted by Crippen LogP contribution is -2.27. The Morgan fingerprint density at radius 1 is 1.83 bits per heavy atom. The smallest absolute Gasteiger partial charge is 0.275 e. The number of amides is 1. The van der Waals surface area contributed by atoms with E-state index >= 15 is 0 Å². The Morgan fingerprint density at radius 3 is 3.25 bits per heavy atom. The van der Waals surface area contributed by atoms with Crippen LogP contribution in [0.15, 0.2) is 10.8 Å². The highest BCUT2D eigenvalue weighted by atomic mass is 16.6. The van der Waals surface area contributed by atoms with Crippen LogP contribution in [0.25, 0.3) is 0 Å². The van der Waals surface area contributed by atoms with Gasteiger partial charge < -0.3 is 10.1 Å². The minimum atomic E-state index is -0.312. The van der Waals surface area contributed by atoms with Crippen LogP contribution in [0.4, 0.5) is 0 Å². The van der Waals surface area contributed by atoms with Gasteiger partial charge in [-0.15, -0.1) is 0 Å². The van der Waals surface area contributed by atoms with E-state index in [2.05, 4.69) is 20.3 Å². The molecule has 1 rings (SSSR count). The van der Waals surface area contributed by atoms with Crippen LogP contribution in [0.3, 0.4) is 0 Å². The molecule has 6 heteroatoms. The van der Waals surface area contributed by atoms with Crippen molar-refractivity contribution >= 4 is 5.91 Å². The van der Waals surface area contributed by atoms with Gasteiger partial charge in [0.05, 0.1) is 6.61 Å². The van der Waals surface area contributed by atoms with Crippen molar-refractivity contribution in [1.82, 2.24) is 15.6 Å². The quantitative estimate of drug-likeness (QED) is 0.615. The summed E-state index contributed by atoms with van der Waals surface area (Å²) in [7, 11) is 1.56. The molecular weight excluding hydrogens is 162 g/mol. The van der Waals surface area contributed by atoms with Gasteiger partial charge in [0, 0.05) is 13.7 Å². The van der Waals surface area contributed by atoms with E-state index in [0.29, 0.717) is 13.2 Å². The Kier molecular flexibility index (Phi) is 3.21. The Hall–Kier alpha value is -1.43. The third kappa shape index (κ3) is 2.31. The highest BCUT2D eigenvalue weighted by molar-refractivity contribution is 5.91. The number of ether oxygens (including phenoxy) is 1. The Labute approximate surface area is 68.9 Å². The monoisotopic (exact) mass is 171 g/mol. The van der Waals surface area contributed by atoms with Gasteiger partial charge in [0.25, 0.3) is 5.91 Å². The number of carbonyl (C=O) groups excluding carboxylic acids is 1. The first-order chi connectivity index (χ1) is 5.84. The molecule has 0 bridgehead atoms. The summed E-state index contributed by atoms with van der Waals surface area (Å²) in [6, 6.07) is 0. The van der Waals surface area contributed by atoms with Crippen LogP contribution >= 0.6 is 0 Å². The van der Waals surface area contributed by atoms with Gasteiger partial charge in [-0.25, -0.2) is 4.63 Å². The lowest BCUT2D eigenvalue weighted by molar-refractivity contribution is 0.0927. The van der Waals surface area contributed by atoms with E-state index in [1.54, 1.807) is 7.11 Å². The third-order valence-electron chi connectivity index (χ3n) is 1.19. The second-order valence-corrected chi connectivity index (χ2v) is 2.04. The maximum Gasteiger partial charge on any atom is 0.275 e. The van der Waals surface area contributed by atoms with Crippen molar-refractivity contribution in [2.24, 2.45) is 0 Å². The van der Waals surface area contributed by atoms with Crippen LogP contribution in [0.2, 0.25) is 0 Å². The van der Waals surface area contributed by atoms with Crippen molar-refractivity contribution in [3.63, 3.8) is 0 Å². The number of hydrogen-bond acceptors (Lipinski definition) is 5. The Bertz CT molecular complexity index is 234. The van der Waals surface area contributed by atoms with Crippen LogP contribution in [0.1, 0.15) is 10.5 Å². The number of carbonyl (C=O) groups is 1. The fourth-order valence-electron chi connectivity index (χ4n) is 0.622. The molecule has 6 nitrogen and oxygen atoms in total. The molecule has 1 heterocycles. The number of hydrogen-bond donors (Lipinski definition) is 1. The van der Waals surface area contributed by atoms with Crippen molar-refractivity contribution in [3.8, 4) is 0 Å². The first-order valence-electron chi connectivity index (χ1n) is 3.39. The molecule has 0 saturated heterocycles. The van der Waals surface area contributed by atoms with Gasteiger partial charge in [-0.1, -0.05) is 5.16 Å². The highest BCUT2D eigenvalue weighted by Gasteiger charge is 2.07. The molecule has 12 heavy (non-hydrogen) atoms. The molecule has 0 radical (unpaired) electrons. The van der Waals surface area contributed by atoms with Gasteiger partial charge >= 0.3 is 0 Å². The molecule has 0 aliphatic rings. The number of nitrogens with one attached hydrogen (secondary N) is 1. The summed E-state index contributed by atoms with van der Waals surface area (Å²) in [5, 5.41) is 9.21. The predicted molar refractivity (Wildman–Crippen MR) is 38.5 cm³/mol. The highest BCUT2D eigenvalue weighted by Crippen LogP contribution is 1.88. The second-order valence-electron chi connectivity index (χ2n) is 2.04. The van der Waals surface area contributed by atoms with Crippen LogP contribution < -0.4 is 5.32 Å². The van der Waals surface area contributed by atoms with Gasteiger partial charge in [0.2, 0.25) is 0 Å². The molecular formula is C6H9N3O3. The van der Waals surface area contributed by atoms with Gasteiger partial charge in [0.1, 0.15) is 6.20 Å². The van der Waals surface area contributed by atoms with E-state index in [4.69, 9.17) is 4.74 Å². The molecule has 1 amide bonds. The maximum atomic E-state index is 11.1. The van der Waals surface area contributed by atoms with Crippen molar-refractivity contribution in [2.75, 3.05) is 20.3 Å². The standard InChI is InChI=1S/C6H9N3O3/c1-11-3-2-7-6(10)5-4-8-12-9-5/h4H,2-3H2,1H3,(H,7,10). The molecule has 0 aromatic carbocycles. The van der Waals surface area contributed by atoms with E-state index in [1.807, 2.05) is 0 Å². The van der Waals surface area contributed by atoms with Gasteiger partial charge in [-0.2, -0.15) is 0 Å². The van der Waals surface area contributed by atoms with E-state index in [-0.39, 0.29) is 11.6 Å². The topological polar surface area (TPSA) is 77.2 Å². The molecule has 66 valence electrons. The summed E-state index contributed by atoms with van der Waals surface area (Å²) in [6.45, 7) is 0.916. The minimum absolute atomic E-state index is 0.172. The average molecular weight is 171 g/mol. The van der Waals surface area contributed by atoms with Gasteiger partial charge in [-0.3, -0.25) is 4.79 Å². The summed E-state index contributed by atoms with van der Waals surface area (Å²) in [4.78, 5) is 11.1. The zero-order valence-corrected chi connectivity index (χ0v) is 6.61. The average Bonchev–Trinajstić information content (AvgIpc) is 2.56. The van der Waals surface area contributed by atoms with E-state index < -0.39 is 0 Å². The lowest BCUT2D eigenvalue weighted by atomic mass is 10.4. The molecule has 1 aromatic heterocycles. The fraction of sp³-hybridized carbons (Fsp3) is 0.500. The zero-order chi connectivity index (χ0) is 8.81. The molecule has 0 spiro atoms. The van der Waals surface area contributed by atoms with Crippen molar-refractivity contribution in [1.29, 1.82) is 0 Å². The van der Waals surface area contributed by atoms with Gasteiger partial charge in [-0.05, 0) is 5.16 Å². The molecule has 0 aliphatic carbocycles. The molecule has 0 fully saturated rings. The van der Waals surface area contributed by atoms with Crippen LogP contribution in [-0.2, 0) is 4.74 Å². The largest absolute Gasteiger partial charge is 0.383 e. The van der Waals surface area contributed by atoms with Crippen LogP contribution in [0.5, 0.6) is 0 Å². The van der Waals surface area contributed by atoms with Crippen LogP contribution in [0, 0.1) is 0 Å². The first kappa shape index (κ1) is 8.66. The Morgan fingerprint density at radius 2 is 2.67 bits per heavy atom. The molecule has 1 aromatic rings. The summed E-state index contributed by atoms with van der Waals surface area (Å²) in [6.07, 6.45) is 1.25. The molecule has 0 saturated carbocycles. The summed E-state index contributed by atoms with van der Waals surface area (Å²) in [5.74, 6) is -0.312. The Balaban J connectivity index is 2.30. The lowest BCUT2D eigenvalue weighted by Gasteiger charge is -1.99. The maximum absolute atomic E-state index is 11.1.